The van der Waals surface area contributed by atoms with Crippen LogP contribution in [0.15, 0.2) is 6.07 Å². The molecule has 20 heavy (non-hydrogen) atoms. The molecule has 0 aliphatic carbocycles. The SMILES string of the molecule is Cc1cc([C@H]2CCCN(S(=O)(=O)CC(C)(C)C)C2)n[nH]1. The summed E-state index contributed by atoms with van der Waals surface area (Å²) in [5, 5.41) is 7.22. The third-order valence-electron chi connectivity index (χ3n) is 3.54. The molecule has 1 N–H and O–H groups in total. The highest BCUT2D eigenvalue weighted by Gasteiger charge is 2.33. The summed E-state index contributed by atoms with van der Waals surface area (Å²) in [6, 6.07) is 2.02. The van der Waals surface area contributed by atoms with Crippen molar-refractivity contribution in [1.29, 1.82) is 0 Å². The highest BCUT2D eigenvalue weighted by molar-refractivity contribution is 7.89. The zero-order valence-corrected chi connectivity index (χ0v) is 13.6. The van der Waals surface area contributed by atoms with Crippen LogP contribution in [0, 0.1) is 12.3 Å². The highest BCUT2D eigenvalue weighted by atomic mass is 32.2. The maximum absolute atomic E-state index is 12.5. The topological polar surface area (TPSA) is 66.1 Å². The van der Waals surface area contributed by atoms with Crippen molar-refractivity contribution < 1.29 is 8.42 Å². The molecule has 1 atom stereocenters. The molecule has 114 valence electrons. The van der Waals surface area contributed by atoms with Crippen molar-refractivity contribution in [2.75, 3.05) is 18.8 Å². The van der Waals surface area contributed by atoms with E-state index in [0.717, 1.165) is 24.2 Å². The molecule has 0 spiro atoms. The number of aromatic amines is 1. The summed E-state index contributed by atoms with van der Waals surface area (Å²) in [5.74, 6) is 0.412. The molecule has 1 saturated heterocycles. The van der Waals surface area contributed by atoms with Crippen LogP contribution in [0.3, 0.4) is 0 Å². The fraction of sp³-hybridized carbons (Fsp3) is 0.786. The number of aryl methyl sites for hydroxylation is 1. The van der Waals surface area contributed by atoms with Crippen LogP contribution in [0.25, 0.3) is 0 Å². The molecule has 1 aliphatic heterocycles. The Morgan fingerprint density at radius 1 is 1.45 bits per heavy atom. The minimum atomic E-state index is -3.18. The number of H-pyrrole nitrogens is 1. The van der Waals surface area contributed by atoms with Crippen LogP contribution in [0.4, 0.5) is 0 Å². The number of hydrogen-bond acceptors (Lipinski definition) is 3. The Labute approximate surface area is 121 Å². The zero-order valence-electron chi connectivity index (χ0n) is 12.8. The van der Waals surface area contributed by atoms with E-state index in [1.54, 1.807) is 4.31 Å². The largest absolute Gasteiger partial charge is 0.283 e. The maximum atomic E-state index is 12.5. The monoisotopic (exact) mass is 299 g/mol. The van der Waals surface area contributed by atoms with Crippen molar-refractivity contribution in [2.24, 2.45) is 5.41 Å². The molecular formula is C14H25N3O2S. The normalized spacial score (nSPS) is 22.1. The average Bonchev–Trinajstić information content (AvgIpc) is 2.73. The first-order valence-corrected chi connectivity index (χ1v) is 8.78. The van der Waals surface area contributed by atoms with Gasteiger partial charge in [0.1, 0.15) is 0 Å². The van der Waals surface area contributed by atoms with Crippen LogP contribution >= 0.6 is 0 Å². The van der Waals surface area contributed by atoms with Crippen molar-refractivity contribution in [3.63, 3.8) is 0 Å². The maximum Gasteiger partial charge on any atom is 0.214 e. The van der Waals surface area contributed by atoms with E-state index in [-0.39, 0.29) is 17.1 Å². The first-order chi connectivity index (χ1) is 9.17. The molecule has 1 aromatic rings. The summed E-state index contributed by atoms with van der Waals surface area (Å²) >= 11 is 0. The van der Waals surface area contributed by atoms with Gasteiger partial charge in [-0.2, -0.15) is 5.10 Å². The standard InChI is InChI=1S/C14H25N3O2S/c1-11-8-13(16-15-11)12-6-5-7-17(9-12)20(18,19)10-14(2,3)4/h8,12H,5-7,9-10H2,1-4H3,(H,15,16)/t12-/m0/s1. The highest BCUT2D eigenvalue weighted by Crippen LogP contribution is 2.29. The lowest BCUT2D eigenvalue weighted by Gasteiger charge is -2.33. The first kappa shape index (κ1) is 15.5. The molecule has 0 unspecified atom stereocenters. The summed E-state index contributed by atoms with van der Waals surface area (Å²) in [6.45, 7) is 9.05. The summed E-state index contributed by atoms with van der Waals surface area (Å²) in [5.41, 5.74) is 1.79. The second-order valence-corrected chi connectivity index (χ2v) is 8.96. The van der Waals surface area contributed by atoms with Gasteiger partial charge in [0.2, 0.25) is 10.0 Å². The van der Waals surface area contributed by atoms with Gasteiger partial charge in [-0.3, -0.25) is 5.10 Å². The van der Waals surface area contributed by atoms with Gasteiger partial charge < -0.3 is 0 Å². The van der Waals surface area contributed by atoms with E-state index in [0.29, 0.717) is 13.1 Å². The molecule has 1 fully saturated rings. The Morgan fingerprint density at radius 2 is 2.15 bits per heavy atom. The summed E-state index contributed by atoms with van der Waals surface area (Å²) in [6.07, 6.45) is 1.91. The van der Waals surface area contributed by atoms with Crippen molar-refractivity contribution in [2.45, 2.75) is 46.5 Å². The van der Waals surface area contributed by atoms with Gasteiger partial charge in [0.15, 0.2) is 0 Å². The van der Waals surface area contributed by atoms with Crippen LogP contribution < -0.4 is 0 Å². The predicted molar refractivity (Wildman–Crippen MR) is 80.1 cm³/mol. The molecule has 1 aliphatic rings. The van der Waals surface area contributed by atoms with Crippen molar-refractivity contribution in [1.82, 2.24) is 14.5 Å². The number of hydrogen-bond donors (Lipinski definition) is 1. The number of rotatable bonds is 3. The molecule has 1 aromatic heterocycles. The summed E-state index contributed by atoms with van der Waals surface area (Å²) in [4.78, 5) is 0. The minimum absolute atomic E-state index is 0.201. The molecule has 6 heteroatoms. The van der Waals surface area contributed by atoms with Gasteiger partial charge in [-0.1, -0.05) is 20.8 Å². The smallest absolute Gasteiger partial charge is 0.214 e. The van der Waals surface area contributed by atoms with E-state index < -0.39 is 10.0 Å². The zero-order chi connectivity index (χ0) is 15.0. The van der Waals surface area contributed by atoms with E-state index >= 15 is 0 Å². The molecule has 0 radical (unpaired) electrons. The van der Waals surface area contributed by atoms with Gasteiger partial charge in [-0.05, 0) is 31.2 Å². The molecule has 2 rings (SSSR count). The van der Waals surface area contributed by atoms with E-state index in [2.05, 4.69) is 10.2 Å². The lowest BCUT2D eigenvalue weighted by Crippen LogP contribution is -2.42. The Hall–Kier alpha value is -0.880. The molecule has 0 bridgehead atoms. The number of sulfonamides is 1. The lowest BCUT2D eigenvalue weighted by molar-refractivity contribution is 0.306. The molecule has 2 heterocycles. The fourth-order valence-corrected chi connectivity index (χ4v) is 4.81. The quantitative estimate of drug-likeness (QED) is 0.931. The fourth-order valence-electron chi connectivity index (χ4n) is 2.72. The lowest BCUT2D eigenvalue weighted by atomic mass is 9.96. The van der Waals surface area contributed by atoms with Gasteiger partial charge in [0, 0.05) is 24.7 Å². The van der Waals surface area contributed by atoms with Crippen LogP contribution in [0.2, 0.25) is 0 Å². The van der Waals surface area contributed by atoms with Gasteiger partial charge in [-0.25, -0.2) is 12.7 Å². The molecule has 5 nitrogen and oxygen atoms in total. The third-order valence-corrected chi connectivity index (χ3v) is 5.89. The van der Waals surface area contributed by atoms with E-state index in [4.69, 9.17) is 0 Å². The average molecular weight is 299 g/mol. The van der Waals surface area contributed by atoms with Gasteiger partial charge >= 0.3 is 0 Å². The Balaban J connectivity index is 2.11. The molecule has 0 amide bonds. The van der Waals surface area contributed by atoms with Gasteiger partial charge in [0.05, 0.1) is 11.4 Å². The van der Waals surface area contributed by atoms with E-state index in [1.807, 2.05) is 33.8 Å². The van der Waals surface area contributed by atoms with Gasteiger partial charge in [-0.15, -0.1) is 0 Å². The van der Waals surface area contributed by atoms with Gasteiger partial charge in [0.25, 0.3) is 0 Å². The second-order valence-electron chi connectivity index (χ2n) is 6.99. The predicted octanol–water partition coefficient (Wildman–Crippen LogP) is 2.27. The molecular weight excluding hydrogens is 274 g/mol. The van der Waals surface area contributed by atoms with Crippen LogP contribution in [0.5, 0.6) is 0 Å². The van der Waals surface area contributed by atoms with Crippen molar-refractivity contribution in [3.8, 4) is 0 Å². The molecule has 0 saturated carbocycles. The second kappa shape index (κ2) is 5.48. The van der Waals surface area contributed by atoms with Crippen LogP contribution in [-0.4, -0.2) is 41.8 Å². The van der Waals surface area contributed by atoms with Crippen molar-refractivity contribution >= 4 is 10.0 Å². The van der Waals surface area contributed by atoms with Crippen LogP contribution in [-0.2, 0) is 10.0 Å². The van der Waals surface area contributed by atoms with E-state index in [9.17, 15) is 8.42 Å². The van der Waals surface area contributed by atoms with Crippen molar-refractivity contribution in [3.05, 3.63) is 17.5 Å². The van der Waals surface area contributed by atoms with E-state index in [1.165, 1.54) is 0 Å². The Kier molecular flexibility index (Phi) is 4.25. The number of piperidine rings is 1. The Morgan fingerprint density at radius 3 is 2.70 bits per heavy atom. The number of nitrogens with zero attached hydrogens (tertiary/aromatic N) is 2. The minimum Gasteiger partial charge on any atom is -0.283 e. The van der Waals surface area contributed by atoms with Crippen LogP contribution in [0.1, 0.15) is 50.9 Å². The number of nitrogens with one attached hydrogen (secondary N) is 1. The Bertz CT molecular complexity index is 557. The summed E-state index contributed by atoms with van der Waals surface area (Å²) < 4.78 is 26.6. The third kappa shape index (κ3) is 3.82. The molecule has 0 aromatic carbocycles. The first-order valence-electron chi connectivity index (χ1n) is 7.17. The summed E-state index contributed by atoms with van der Waals surface area (Å²) in [7, 11) is -3.18. The number of aromatic nitrogens is 2.